The van der Waals surface area contributed by atoms with Gasteiger partial charge in [-0.15, -0.1) is 0 Å². The van der Waals surface area contributed by atoms with Crippen LogP contribution in [0.25, 0.3) is 0 Å². The minimum absolute atomic E-state index is 0.0285. The van der Waals surface area contributed by atoms with Crippen molar-refractivity contribution in [1.29, 1.82) is 0 Å². The number of carbonyl (C=O) groups is 1. The van der Waals surface area contributed by atoms with E-state index in [-0.39, 0.29) is 29.3 Å². The number of ether oxygens (including phenoxy) is 2. The molecule has 0 fully saturated rings. The van der Waals surface area contributed by atoms with Crippen molar-refractivity contribution >= 4 is 11.7 Å². The Morgan fingerprint density at radius 3 is 2.83 bits per heavy atom. The number of ketones is 1. The number of Topliss-reactive ketones (excluding diaryl/α,β-unsaturated/α-hetero) is 1. The lowest BCUT2D eigenvalue weighted by Gasteiger charge is -2.38. The van der Waals surface area contributed by atoms with Gasteiger partial charge in [0.1, 0.15) is 12.4 Å². The van der Waals surface area contributed by atoms with E-state index >= 15 is 0 Å². The number of nitrogens with one attached hydrogen (secondary N) is 1. The molecule has 0 spiro atoms. The largest absolute Gasteiger partial charge is 0.490 e. The fraction of sp³-hybridized carbons (Fsp3) is 0.450. The fourth-order valence-corrected chi connectivity index (χ4v) is 4.01. The van der Waals surface area contributed by atoms with Crippen molar-refractivity contribution < 1.29 is 23.0 Å². The average Bonchev–Trinajstić information content (AvgIpc) is 3.08. The van der Waals surface area contributed by atoms with Crippen LogP contribution in [0.2, 0.25) is 0 Å². The number of halogens is 2. The summed E-state index contributed by atoms with van der Waals surface area (Å²) in [6.45, 7) is 3.18. The van der Waals surface area contributed by atoms with Crippen LogP contribution in [0.15, 0.2) is 35.8 Å². The average molecular weight is 404 g/mol. The first kappa shape index (κ1) is 19.4. The third-order valence-corrected chi connectivity index (χ3v) is 5.07. The molecule has 29 heavy (non-hydrogen) atoms. The number of alkyl halides is 2. The molecule has 0 amide bonds. The number of fused-ring (bicyclic) bond motifs is 1. The van der Waals surface area contributed by atoms with Crippen LogP contribution in [0.3, 0.4) is 0 Å². The SMILES string of the molecule is CCOc1cc([C@H]2C3=C(CC(C)(C)CC3=O)Nc3ncnn32)ccc1OC(F)F. The van der Waals surface area contributed by atoms with E-state index in [2.05, 4.69) is 20.1 Å². The van der Waals surface area contributed by atoms with E-state index in [1.807, 2.05) is 13.8 Å². The molecule has 0 radical (unpaired) electrons. The summed E-state index contributed by atoms with van der Waals surface area (Å²) < 4.78 is 37.2. The molecule has 2 heterocycles. The smallest absolute Gasteiger partial charge is 0.387 e. The molecular weight excluding hydrogens is 382 g/mol. The number of aromatic nitrogens is 3. The first-order chi connectivity index (χ1) is 13.8. The quantitative estimate of drug-likeness (QED) is 0.813. The standard InChI is InChI=1S/C20H22F2N4O3/c1-4-28-15-7-11(5-6-14(15)29-18(21)22)17-16-12(8-20(2,3)9-13(16)27)25-19-23-10-24-26(17)19/h5-7,10,17-18H,4,8-9H2,1-3H3,(H,23,24,25)/t17-/m0/s1. The summed E-state index contributed by atoms with van der Waals surface area (Å²) in [5.41, 5.74) is 1.96. The number of nitrogens with zero attached hydrogens (tertiary/aromatic N) is 3. The normalized spacial score (nSPS) is 20.2. The molecule has 2 aliphatic rings. The number of anilines is 1. The molecule has 1 atom stereocenters. The molecule has 1 aliphatic carbocycles. The Morgan fingerprint density at radius 1 is 1.31 bits per heavy atom. The Kier molecular flexibility index (Phi) is 4.76. The number of rotatable bonds is 5. The van der Waals surface area contributed by atoms with Crippen LogP contribution in [0.4, 0.5) is 14.7 Å². The molecular formula is C20H22F2N4O3. The van der Waals surface area contributed by atoms with Gasteiger partial charge >= 0.3 is 6.61 Å². The zero-order chi connectivity index (χ0) is 20.8. The topological polar surface area (TPSA) is 78.3 Å². The van der Waals surface area contributed by atoms with Gasteiger partial charge in [0, 0.05) is 17.7 Å². The Bertz CT molecular complexity index is 984. The predicted octanol–water partition coefficient (Wildman–Crippen LogP) is 3.94. The number of carbonyl (C=O) groups excluding carboxylic acids is 1. The number of allylic oxidation sites excluding steroid dienone is 2. The molecule has 0 bridgehead atoms. The van der Waals surface area contributed by atoms with Gasteiger partial charge in [-0.2, -0.15) is 18.9 Å². The highest BCUT2D eigenvalue weighted by molar-refractivity contribution is 6.00. The lowest BCUT2D eigenvalue weighted by molar-refractivity contribution is -0.118. The van der Waals surface area contributed by atoms with Crippen molar-refractivity contribution in [2.45, 2.75) is 46.3 Å². The molecule has 7 nitrogen and oxygen atoms in total. The third-order valence-electron chi connectivity index (χ3n) is 5.07. The van der Waals surface area contributed by atoms with Gasteiger partial charge in [-0.05, 0) is 36.5 Å². The van der Waals surface area contributed by atoms with Crippen LogP contribution in [-0.4, -0.2) is 33.8 Å². The molecule has 1 N–H and O–H groups in total. The van der Waals surface area contributed by atoms with E-state index < -0.39 is 12.7 Å². The third kappa shape index (κ3) is 3.56. The van der Waals surface area contributed by atoms with E-state index in [0.29, 0.717) is 29.9 Å². The number of hydrogen-bond acceptors (Lipinski definition) is 6. The van der Waals surface area contributed by atoms with Crippen molar-refractivity contribution in [3.05, 3.63) is 41.4 Å². The summed E-state index contributed by atoms with van der Waals surface area (Å²) in [5, 5.41) is 7.52. The minimum Gasteiger partial charge on any atom is -0.490 e. The Morgan fingerprint density at radius 2 is 2.10 bits per heavy atom. The first-order valence-corrected chi connectivity index (χ1v) is 9.43. The van der Waals surface area contributed by atoms with Gasteiger partial charge in [-0.3, -0.25) is 4.79 Å². The van der Waals surface area contributed by atoms with Crippen LogP contribution < -0.4 is 14.8 Å². The van der Waals surface area contributed by atoms with Gasteiger partial charge in [0.15, 0.2) is 17.3 Å². The van der Waals surface area contributed by atoms with Gasteiger partial charge < -0.3 is 14.8 Å². The van der Waals surface area contributed by atoms with Crippen LogP contribution in [0, 0.1) is 5.41 Å². The summed E-state index contributed by atoms with van der Waals surface area (Å²) in [4.78, 5) is 17.3. The molecule has 154 valence electrons. The maximum Gasteiger partial charge on any atom is 0.387 e. The van der Waals surface area contributed by atoms with E-state index in [1.54, 1.807) is 23.7 Å². The maximum absolute atomic E-state index is 13.1. The lowest BCUT2D eigenvalue weighted by Crippen LogP contribution is -2.36. The van der Waals surface area contributed by atoms with Crippen LogP contribution >= 0.6 is 0 Å². The molecule has 9 heteroatoms. The molecule has 0 unspecified atom stereocenters. The summed E-state index contributed by atoms with van der Waals surface area (Å²) in [6.07, 6.45) is 2.53. The van der Waals surface area contributed by atoms with E-state index in [0.717, 1.165) is 5.70 Å². The van der Waals surface area contributed by atoms with Gasteiger partial charge in [0.05, 0.1) is 6.61 Å². The predicted molar refractivity (Wildman–Crippen MR) is 101 cm³/mol. The maximum atomic E-state index is 13.1. The first-order valence-electron chi connectivity index (χ1n) is 9.43. The summed E-state index contributed by atoms with van der Waals surface area (Å²) in [6, 6.07) is 4.19. The minimum atomic E-state index is -2.96. The van der Waals surface area contributed by atoms with Gasteiger partial charge in [-0.1, -0.05) is 19.9 Å². The van der Waals surface area contributed by atoms with Gasteiger partial charge in [-0.25, -0.2) is 4.68 Å². The van der Waals surface area contributed by atoms with Crippen molar-refractivity contribution in [2.24, 2.45) is 5.41 Å². The van der Waals surface area contributed by atoms with E-state index in [4.69, 9.17) is 4.74 Å². The Balaban J connectivity index is 1.83. The number of hydrogen-bond donors (Lipinski definition) is 1. The van der Waals surface area contributed by atoms with Crippen LogP contribution in [0.5, 0.6) is 11.5 Å². The monoisotopic (exact) mass is 404 g/mol. The van der Waals surface area contributed by atoms with Crippen molar-refractivity contribution in [1.82, 2.24) is 14.8 Å². The Labute approximate surface area is 166 Å². The zero-order valence-corrected chi connectivity index (χ0v) is 16.4. The summed E-state index contributed by atoms with van der Waals surface area (Å²) in [5.74, 6) is 0.700. The van der Waals surface area contributed by atoms with Crippen molar-refractivity contribution in [3.8, 4) is 11.5 Å². The van der Waals surface area contributed by atoms with Crippen molar-refractivity contribution in [3.63, 3.8) is 0 Å². The van der Waals surface area contributed by atoms with Crippen LogP contribution in [-0.2, 0) is 4.79 Å². The zero-order valence-electron chi connectivity index (χ0n) is 16.4. The summed E-state index contributed by atoms with van der Waals surface area (Å²) >= 11 is 0. The second-order valence-corrected chi connectivity index (χ2v) is 7.91. The van der Waals surface area contributed by atoms with Gasteiger partial charge in [0.25, 0.3) is 0 Å². The van der Waals surface area contributed by atoms with Gasteiger partial charge in [0.2, 0.25) is 5.95 Å². The second kappa shape index (κ2) is 7.13. The molecule has 0 saturated heterocycles. The molecule has 2 aromatic rings. The molecule has 0 saturated carbocycles. The highest BCUT2D eigenvalue weighted by Crippen LogP contribution is 2.46. The number of benzene rings is 1. The fourth-order valence-electron chi connectivity index (χ4n) is 4.01. The van der Waals surface area contributed by atoms with E-state index in [1.165, 1.54) is 12.4 Å². The Hall–Kier alpha value is -2.97. The highest BCUT2D eigenvalue weighted by atomic mass is 19.3. The molecule has 1 aromatic carbocycles. The van der Waals surface area contributed by atoms with E-state index in [9.17, 15) is 13.6 Å². The van der Waals surface area contributed by atoms with Crippen LogP contribution in [0.1, 0.15) is 45.2 Å². The molecule has 1 aliphatic heterocycles. The lowest BCUT2D eigenvalue weighted by atomic mass is 9.73. The second-order valence-electron chi connectivity index (χ2n) is 7.91. The molecule has 1 aromatic heterocycles. The summed E-state index contributed by atoms with van der Waals surface area (Å²) in [7, 11) is 0. The molecule has 4 rings (SSSR count). The highest BCUT2D eigenvalue weighted by Gasteiger charge is 2.41. The van der Waals surface area contributed by atoms with Crippen molar-refractivity contribution in [2.75, 3.05) is 11.9 Å².